The number of carbonyl (C=O) groups is 1. The fourth-order valence-electron chi connectivity index (χ4n) is 1.39. The van der Waals surface area contributed by atoms with Crippen LogP contribution in [-0.4, -0.2) is 19.1 Å². The van der Waals surface area contributed by atoms with Gasteiger partial charge < -0.3 is 15.8 Å². The summed E-state index contributed by atoms with van der Waals surface area (Å²) in [6, 6.07) is 3.51. The molecule has 88 valence electrons. The Bertz CT molecular complexity index is 400. The van der Waals surface area contributed by atoms with Crippen LogP contribution in [0.5, 0.6) is 5.75 Å². The summed E-state index contributed by atoms with van der Waals surface area (Å²) in [4.78, 5) is 11.9. The van der Waals surface area contributed by atoms with E-state index < -0.39 is 0 Å². The normalized spacial score (nSPS) is 10.3. The van der Waals surface area contributed by atoms with E-state index in [0.717, 1.165) is 5.56 Å². The zero-order valence-electron chi connectivity index (χ0n) is 10.1. The number of ether oxygens (including phenoxy) is 1. The molecule has 0 aliphatic rings. The molecule has 16 heavy (non-hydrogen) atoms. The van der Waals surface area contributed by atoms with Crippen molar-refractivity contribution in [1.29, 1.82) is 0 Å². The van der Waals surface area contributed by atoms with Gasteiger partial charge in [0.05, 0.1) is 12.7 Å². The molecule has 1 aromatic rings. The van der Waals surface area contributed by atoms with Gasteiger partial charge in [-0.25, -0.2) is 0 Å². The van der Waals surface area contributed by atoms with Gasteiger partial charge in [0.15, 0.2) is 0 Å². The van der Waals surface area contributed by atoms with Gasteiger partial charge in [0.2, 0.25) is 0 Å². The molecule has 0 radical (unpaired) electrons. The molecule has 0 heterocycles. The van der Waals surface area contributed by atoms with Gasteiger partial charge in [-0.15, -0.1) is 0 Å². The molecule has 0 bridgehead atoms. The minimum absolute atomic E-state index is 0.0927. The van der Waals surface area contributed by atoms with Gasteiger partial charge in [-0.05, 0) is 32.4 Å². The van der Waals surface area contributed by atoms with Crippen LogP contribution in [0.1, 0.15) is 29.8 Å². The van der Waals surface area contributed by atoms with Crippen LogP contribution in [0.2, 0.25) is 0 Å². The monoisotopic (exact) mass is 222 g/mol. The minimum atomic E-state index is -0.144. The van der Waals surface area contributed by atoms with Crippen LogP contribution in [0.15, 0.2) is 12.1 Å². The molecular formula is C12H18N2O2. The zero-order valence-corrected chi connectivity index (χ0v) is 10.1. The molecule has 0 fully saturated rings. The average molecular weight is 222 g/mol. The number of methoxy groups -OCH3 is 1. The van der Waals surface area contributed by atoms with Crippen LogP contribution < -0.4 is 15.8 Å². The molecule has 0 atom stereocenters. The fraction of sp³-hybridized carbons (Fsp3) is 0.417. The van der Waals surface area contributed by atoms with E-state index in [1.165, 1.54) is 7.11 Å². The molecule has 0 spiro atoms. The van der Waals surface area contributed by atoms with E-state index in [0.29, 0.717) is 17.0 Å². The van der Waals surface area contributed by atoms with Gasteiger partial charge in [0.1, 0.15) is 5.75 Å². The first-order valence-corrected chi connectivity index (χ1v) is 5.20. The summed E-state index contributed by atoms with van der Waals surface area (Å²) in [5, 5.41) is 2.82. The lowest BCUT2D eigenvalue weighted by Gasteiger charge is -2.13. The number of nitrogens with two attached hydrogens (primary N) is 1. The van der Waals surface area contributed by atoms with E-state index in [1.54, 1.807) is 12.1 Å². The van der Waals surface area contributed by atoms with Crippen molar-refractivity contribution in [1.82, 2.24) is 5.32 Å². The molecule has 0 saturated heterocycles. The number of benzene rings is 1. The van der Waals surface area contributed by atoms with Crippen molar-refractivity contribution in [3.63, 3.8) is 0 Å². The Morgan fingerprint density at radius 2 is 2.06 bits per heavy atom. The Morgan fingerprint density at radius 1 is 1.44 bits per heavy atom. The number of rotatable bonds is 3. The average Bonchev–Trinajstić information content (AvgIpc) is 2.20. The number of carbonyl (C=O) groups excluding carboxylic acids is 1. The summed E-state index contributed by atoms with van der Waals surface area (Å²) in [6.45, 7) is 5.68. The SMILES string of the molecule is COc1cc(N)c(C)cc1C(=O)NC(C)C. The number of aryl methyl sites for hydroxylation is 1. The molecule has 0 aromatic heterocycles. The summed E-state index contributed by atoms with van der Waals surface area (Å²) in [6.07, 6.45) is 0. The van der Waals surface area contributed by atoms with Gasteiger partial charge in [-0.2, -0.15) is 0 Å². The number of nitrogens with one attached hydrogen (secondary N) is 1. The predicted octanol–water partition coefficient (Wildman–Crippen LogP) is 1.72. The molecular weight excluding hydrogens is 204 g/mol. The van der Waals surface area contributed by atoms with Gasteiger partial charge in [0, 0.05) is 17.8 Å². The Balaban J connectivity index is 3.11. The maximum Gasteiger partial charge on any atom is 0.255 e. The maximum absolute atomic E-state index is 11.9. The first-order valence-electron chi connectivity index (χ1n) is 5.20. The molecule has 3 N–H and O–H groups in total. The zero-order chi connectivity index (χ0) is 12.3. The quantitative estimate of drug-likeness (QED) is 0.765. The second kappa shape index (κ2) is 4.88. The number of hydrogen-bond acceptors (Lipinski definition) is 3. The molecule has 0 aliphatic heterocycles. The van der Waals surface area contributed by atoms with Gasteiger partial charge in [0.25, 0.3) is 5.91 Å². The lowest BCUT2D eigenvalue weighted by atomic mass is 10.1. The molecule has 0 unspecified atom stereocenters. The fourth-order valence-corrected chi connectivity index (χ4v) is 1.39. The molecule has 4 nitrogen and oxygen atoms in total. The number of hydrogen-bond donors (Lipinski definition) is 2. The van der Waals surface area contributed by atoms with E-state index in [9.17, 15) is 4.79 Å². The highest BCUT2D eigenvalue weighted by Crippen LogP contribution is 2.24. The Kier molecular flexibility index (Phi) is 3.77. The lowest BCUT2D eigenvalue weighted by Crippen LogP contribution is -2.30. The van der Waals surface area contributed by atoms with Crippen molar-refractivity contribution < 1.29 is 9.53 Å². The highest BCUT2D eigenvalue weighted by molar-refractivity contribution is 5.97. The third kappa shape index (κ3) is 2.66. The maximum atomic E-state index is 11.9. The number of amides is 1. The van der Waals surface area contributed by atoms with Gasteiger partial charge in [-0.3, -0.25) is 4.79 Å². The largest absolute Gasteiger partial charge is 0.496 e. The van der Waals surface area contributed by atoms with E-state index in [-0.39, 0.29) is 11.9 Å². The number of nitrogen functional groups attached to an aromatic ring is 1. The Hall–Kier alpha value is -1.71. The van der Waals surface area contributed by atoms with E-state index in [2.05, 4.69) is 5.32 Å². The van der Waals surface area contributed by atoms with Crippen molar-refractivity contribution >= 4 is 11.6 Å². The summed E-state index contributed by atoms with van der Waals surface area (Å²) in [5.41, 5.74) is 7.76. The smallest absolute Gasteiger partial charge is 0.255 e. The molecule has 1 aromatic carbocycles. The molecule has 1 amide bonds. The second-order valence-corrected chi connectivity index (χ2v) is 4.04. The van der Waals surface area contributed by atoms with Crippen LogP contribution >= 0.6 is 0 Å². The lowest BCUT2D eigenvalue weighted by molar-refractivity contribution is 0.0940. The summed E-state index contributed by atoms with van der Waals surface area (Å²) in [7, 11) is 1.52. The Labute approximate surface area is 95.8 Å². The van der Waals surface area contributed by atoms with Crippen molar-refractivity contribution in [3.05, 3.63) is 23.3 Å². The van der Waals surface area contributed by atoms with Crippen LogP contribution in [0, 0.1) is 6.92 Å². The Morgan fingerprint density at radius 3 is 2.56 bits per heavy atom. The van der Waals surface area contributed by atoms with Crippen LogP contribution in [0.4, 0.5) is 5.69 Å². The van der Waals surface area contributed by atoms with Crippen molar-refractivity contribution in [2.45, 2.75) is 26.8 Å². The second-order valence-electron chi connectivity index (χ2n) is 4.04. The number of anilines is 1. The van der Waals surface area contributed by atoms with E-state index in [4.69, 9.17) is 10.5 Å². The third-order valence-electron chi connectivity index (χ3n) is 2.25. The van der Waals surface area contributed by atoms with Crippen molar-refractivity contribution in [2.75, 3.05) is 12.8 Å². The third-order valence-corrected chi connectivity index (χ3v) is 2.25. The van der Waals surface area contributed by atoms with Gasteiger partial charge in [-0.1, -0.05) is 0 Å². The summed E-state index contributed by atoms with van der Waals surface area (Å²) in [5.74, 6) is 0.358. The molecule has 0 aliphatic carbocycles. The predicted molar refractivity (Wildman–Crippen MR) is 64.7 cm³/mol. The van der Waals surface area contributed by atoms with Crippen LogP contribution in [0.25, 0.3) is 0 Å². The highest BCUT2D eigenvalue weighted by Gasteiger charge is 2.14. The highest BCUT2D eigenvalue weighted by atomic mass is 16.5. The molecule has 4 heteroatoms. The standard InChI is InChI=1S/C12H18N2O2/c1-7(2)14-12(15)9-5-8(3)10(13)6-11(9)16-4/h5-7H,13H2,1-4H3,(H,14,15). The van der Waals surface area contributed by atoms with E-state index in [1.807, 2.05) is 20.8 Å². The summed E-state index contributed by atoms with van der Waals surface area (Å²) >= 11 is 0. The van der Waals surface area contributed by atoms with Gasteiger partial charge >= 0.3 is 0 Å². The topological polar surface area (TPSA) is 64.3 Å². The van der Waals surface area contributed by atoms with Crippen molar-refractivity contribution in [3.8, 4) is 5.75 Å². The first kappa shape index (κ1) is 12.4. The van der Waals surface area contributed by atoms with Crippen LogP contribution in [0.3, 0.4) is 0 Å². The molecule has 0 saturated carbocycles. The minimum Gasteiger partial charge on any atom is -0.496 e. The van der Waals surface area contributed by atoms with Crippen molar-refractivity contribution in [2.24, 2.45) is 0 Å². The van der Waals surface area contributed by atoms with Crippen LogP contribution in [-0.2, 0) is 0 Å². The molecule has 1 rings (SSSR count). The van der Waals surface area contributed by atoms with E-state index >= 15 is 0 Å². The first-order chi connectivity index (χ1) is 7.45. The summed E-state index contributed by atoms with van der Waals surface area (Å²) < 4.78 is 5.14.